The highest BCUT2D eigenvalue weighted by Crippen LogP contribution is 2.21. The van der Waals surface area contributed by atoms with Crippen LogP contribution >= 0.6 is 43.5 Å². The number of rotatable bonds is 5. The smallest absolute Gasteiger partial charge is 0.252 e. The Kier molecular flexibility index (Phi) is 6.52. The molecule has 0 fully saturated rings. The predicted octanol–water partition coefficient (Wildman–Crippen LogP) is 4.40. The van der Waals surface area contributed by atoms with Crippen LogP contribution in [0.3, 0.4) is 0 Å². The van der Waals surface area contributed by atoms with E-state index in [2.05, 4.69) is 44.1 Å². The number of alkyl halides is 1. The zero-order valence-electron chi connectivity index (χ0n) is 9.47. The van der Waals surface area contributed by atoms with Crippen LogP contribution < -0.4 is 5.32 Å². The van der Waals surface area contributed by atoms with Crippen LogP contribution in [0.25, 0.3) is 0 Å². The lowest BCUT2D eigenvalue weighted by Crippen LogP contribution is -2.29. The van der Waals surface area contributed by atoms with E-state index in [4.69, 9.17) is 11.6 Å². The molecule has 1 amide bonds. The van der Waals surface area contributed by atoms with Crippen molar-refractivity contribution in [1.29, 1.82) is 0 Å². The molecule has 0 aliphatic carbocycles. The fourth-order valence-electron chi connectivity index (χ4n) is 1.39. The van der Waals surface area contributed by atoms with Crippen molar-refractivity contribution in [3.05, 3.63) is 33.3 Å². The first-order chi connectivity index (χ1) is 8.04. The first kappa shape index (κ1) is 15.0. The van der Waals surface area contributed by atoms with Gasteiger partial charge in [-0.3, -0.25) is 4.79 Å². The van der Waals surface area contributed by atoms with Crippen LogP contribution in [0.5, 0.6) is 0 Å². The monoisotopic (exact) mass is 381 g/mol. The van der Waals surface area contributed by atoms with E-state index in [1.54, 1.807) is 18.2 Å². The van der Waals surface area contributed by atoms with E-state index in [1.807, 2.05) is 0 Å². The zero-order chi connectivity index (χ0) is 12.8. The second-order valence-corrected chi connectivity index (χ2v) is 6.31. The second kappa shape index (κ2) is 7.39. The van der Waals surface area contributed by atoms with Crippen LogP contribution in [-0.4, -0.2) is 17.3 Å². The third-order valence-electron chi connectivity index (χ3n) is 2.26. The van der Waals surface area contributed by atoms with Gasteiger partial charge in [-0.15, -0.1) is 0 Å². The Bertz CT molecular complexity index is 398. The van der Waals surface area contributed by atoms with Crippen LogP contribution in [0.4, 0.5) is 0 Å². The molecule has 0 radical (unpaired) electrons. The Morgan fingerprint density at radius 2 is 2.24 bits per heavy atom. The molecule has 0 saturated heterocycles. The van der Waals surface area contributed by atoms with Gasteiger partial charge in [-0.1, -0.05) is 40.9 Å². The van der Waals surface area contributed by atoms with Gasteiger partial charge in [0.05, 0.1) is 5.56 Å². The summed E-state index contributed by atoms with van der Waals surface area (Å²) in [6.07, 6.45) is 2.14. The van der Waals surface area contributed by atoms with Gasteiger partial charge in [-0.2, -0.15) is 0 Å². The van der Waals surface area contributed by atoms with Crippen LogP contribution in [0.1, 0.15) is 30.1 Å². The van der Waals surface area contributed by atoms with Crippen molar-refractivity contribution in [1.82, 2.24) is 5.32 Å². The fourth-order valence-corrected chi connectivity index (χ4v) is 2.87. The van der Waals surface area contributed by atoms with Crippen molar-refractivity contribution in [2.45, 2.75) is 24.6 Å². The molecule has 17 heavy (non-hydrogen) atoms. The first-order valence-electron chi connectivity index (χ1n) is 5.42. The Hall–Kier alpha value is -0.0600. The third-order valence-corrected chi connectivity index (χ3v) is 3.93. The van der Waals surface area contributed by atoms with Crippen LogP contribution in [-0.2, 0) is 0 Å². The minimum Gasteiger partial charge on any atom is -0.351 e. The summed E-state index contributed by atoms with van der Waals surface area (Å²) in [5.41, 5.74) is 0.602. The standard InChI is InChI=1S/C12H14Br2ClNO/c1-2-3-8(13)7-16-12(17)10-5-4-9(15)6-11(10)14/h4-6,8H,2-3,7H2,1H3,(H,16,17). The Morgan fingerprint density at radius 1 is 1.53 bits per heavy atom. The van der Waals surface area contributed by atoms with Crippen LogP contribution in [0.15, 0.2) is 22.7 Å². The number of benzene rings is 1. The predicted molar refractivity (Wildman–Crippen MR) is 79.1 cm³/mol. The normalized spacial score (nSPS) is 12.2. The molecule has 0 aliphatic rings. The summed E-state index contributed by atoms with van der Waals surface area (Å²) in [6, 6.07) is 5.14. The fraction of sp³-hybridized carbons (Fsp3) is 0.417. The van der Waals surface area contributed by atoms with Crippen molar-refractivity contribution in [3.63, 3.8) is 0 Å². The van der Waals surface area contributed by atoms with Crippen LogP contribution in [0, 0.1) is 0 Å². The number of nitrogens with one attached hydrogen (secondary N) is 1. The molecule has 0 heterocycles. The summed E-state index contributed by atoms with van der Waals surface area (Å²) in [5.74, 6) is -0.0888. The number of hydrogen-bond donors (Lipinski definition) is 1. The molecule has 0 bridgehead atoms. The van der Waals surface area contributed by atoms with Gasteiger partial charge in [0.2, 0.25) is 0 Å². The second-order valence-electron chi connectivity index (χ2n) is 3.72. The average molecular weight is 384 g/mol. The van der Waals surface area contributed by atoms with Gasteiger partial charge < -0.3 is 5.32 Å². The van der Waals surface area contributed by atoms with E-state index >= 15 is 0 Å². The van der Waals surface area contributed by atoms with E-state index in [1.165, 1.54) is 0 Å². The lowest BCUT2D eigenvalue weighted by Gasteiger charge is -2.11. The van der Waals surface area contributed by atoms with Crippen molar-refractivity contribution in [2.75, 3.05) is 6.54 Å². The molecule has 1 rings (SSSR count). The summed E-state index contributed by atoms with van der Waals surface area (Å²) in [4.78, 5) is 12.2. The van der Waals surface area contributed by atoms with E-state index in [0.717, 1.165) is 12.8 Å². The number of carbonyl (C=O) groups excluding carboxylic acids is 1. The zero-order valence-corrected chi connectivity index (χ0v) is 13.4. The van der Waals surface area contributed by atoms with Gasteiger partial charge in [0.25, 0.3) is 5.91 Å². The maximum Gasteiger partial charge on any atom is 0.252 e. The molecular formula is C12H14Br2ClNO. The van der Waals surface area contributed by atoms with Gasteiger partial charge >= 0.3 is 0 Å². The quantitative estimate of drug-likeness (QED) is 0.751. The molecule has 1 atom stereocenters. The average Bonchev–Trinajstić information content (AvgIpc) is 2.26. The molecule has 1 aromatic rings. The molecule has 0 spiro atoms. The Labute approximate surface area is 123 Å². The van der Waals surface area contributed by atoms with Gasteiger partial charge in [0.1, 0.15) is 0 Å². The lowest BCUT2D eigenvalue weighted by atomic mass is 10.2. The minimum absolute atomic E-state index is 0.0888. The number of amides is 1. The largest absolute Gasteiger partial charge is 0.351 e. The molecular weight excluding hydrogens is 369 g/mol. The summed E-state index contributed by atoms with van der Waals surface area (Å²) in [7, 11) is 0. The SMILES string of the molecule is CCCC(Br)CNC(=O)c1ccc(Cl)cc1Br. The summed E-state index contributed by atoms with van der Waals surface area (Å²) in [5, 5.41) is 3.49. The number of halogens is 3. The van der Waals surface area contributed by atoms with E-state index in [0.29, 0.717) is 26.4 Å². The lowest BCUT2D eigenvalue weighted by molar-refractivity contribution is 0.0953. The molecule has 2 nitrogen and oxygen atoms in total. The highest BCUT2D eigenvalue weighted by molar-refractivity contribution is 9.10. The molecule has 0 aliphatic heterocycles. The molecule has 94 valence electrons. The maximum atomic E-state index is 11.9. The number of carbonyl (C=O) groups is 1. The molecule has 0 saturated carbocycles. The van der Waals surface area contributed by atoms with E-state index in [9.17, 15) is 4.79 Å². The molecule has 1 N–H and O–H groups in total. The van der Waals surface area contributed by atoms with E-state index < -0.39 is 0 Å². The Morgan fingerprint density at radius 3 is 2.82 bits per heavy atom. The summed E-state index contributed by atoms with van der Waals surface area (Å²) >= 11 is 12.7. The van der Waals surface area contributed by atoms with Gasteiger partial charge in [-0.25, -0.2) is 0 Å². The number of hydrogen-bond acceptors (Lipinski definition) is 1. The third kappa shape index (κ3) is 4.98. The molecule has 5 heteroatoms. The van der Waals surface area contributed by atoms with Crippen molar-refractivity contribution < 1.29 is 4.79 Å². The molecule has 1 unspecified atom stereocenters. The topological polar surface area (TPSA) is 29.1 Å². The van der Waals surface area contributed by atoms with E-state index in [-0.39, 0.29) is 5.91 Å². The summed E-state index contributed by atoms with van der Waals surface area (Å²) in [6.45, 7) is 2.74. The molecule has 0 aromatic heterocycles. The highest BCUT2D eigenvalue weighted by Gasteiger charge is 2.11. The van der Waals surface area contributed by atoms with Crippen molar-refractivity contribution in [3.8, 4) is 0 Å². The van der Waals surface area contributed by atoms with Crippen LogP contribution in [0.2, 0.25) is 5.02 Å². The first-order valence-corrected chi connectivity index (χ1v) is 7.50. The summed E-state index contributed by atoms with van der Waals surface area (Å²) < 4.78 is 0.712. The molecule has 1 aromatic carbocycles. The maximum absolute atomic E-state index is 11.9. The Balaban J connectivity index is 2.58. The van der Waals surface area contributed by atoms with Crippen molar-refractivity contribution >= 4 is 49.4 Å². The van der Waals surface area contributed by atoms with Gasteiger partial charge in [0, 0.05) is 20.9 Å². The highest BCUT2D eigenvalue weighted by atomic mass is 79.9. The van der Waals surface area contributed by atoms with Gasteiger partial charge in [-0.05, 0) is 40.5 Å². The van der Waals surface area contributed by atoms with Crippen molar-refractivity contribution in [2.24, 2.45) is 0 Å². The minimum atomic E-state index is -0.0888. The van der Waals surface area contributed by atoms with Gasteiger partial charge in [0.15, 0.2) is 0 Å².